The summed E-state index contributed by atoms with van der Waals surface area (Å²) in [6.07, 6.45) is 4.71. The Bertz CT molecular complexity index is 857. The van der Waals surface area contributed by atoms with Crippen LogP contribution in [0.4, 0.5) is 17.5 Å². The van der Waals surface area contributed by atoms with Gasteiger partial charge in [-0.15, -0.1) is 11.3 Å². The number of nitrogens with zero attached hydrogens (tertiary/aromatic N) is 2. The van der Waals surface area contributed by atoms with Crippen molar-refractivity contribution in [1.82, 2.24) is 9.97 Å². The lowest BCUT2D eigenvalue weighted by molar-refractivity contribution is 0.415. The Hall–Kier alpha value is -2.34. The third-order valence-electron chi connectivity index (χ3n) is 4.19. The van der Waals surface area contributed by atoms with Gasteiger partial charge in [0.15, 0.2) is 0 Å². The van der Waals surface area contributed by atoms with E-state index in [1.54, 1.807) is 18.4 Å². The number of anilines is 3. The van der Waals surface area contributed by atoms with E-state index in [1.165, 1.54) is 23.3 Å². The van der Waals surface area contributed by atoms with Crippen molar-refractivity contribution >= 4 is 39.0 Å². The number of fused-ring (bicyclic) bond motifs is 3. The molecular formula is C17H18N4OS. The van der Waals surface area contributed by atoms with Gasteiger partial charge in [0.2, 0.25) is 5.95 Å². The van der Waals surface area contributed by atoms with Gasteiger partial charge in [-0.2, -0.15) is 4.98 Å². The van der Waals surface area contributed by atoms with Crippen molar-refractivity contribution in [2.24, 2.45) is 0 Å². The van der Waals surface area contributed by atoms with Gasteiger partial charge in [-0.1, -0.05) is 0 Å². The number of nitrogens with two attached hydrogens (primary N) is 1. The highest BCUT2D eigenvalue weighted by Crippen LogP contribution is 2.38. The number of thiophene rings is 1. The van der Waals surface area contributed by atoms with Crippen molar-refractivity contribution in [3.8, 4) is 5.75 Å². The number of rotatable bonds is 3. The average Bonchev–Trinajstić information content (AvgIpc) is 2.94. The molecule has 0 radical (unpaired) electrons. The molecule has 0 fully saturated rings. The summed E-state index contributed by atoms with van der Waals surface area (Å²) in [4.78, 5) is 11.5. The fourth-order valence-corrected chi connectivity index (χ4v) is 4.31. The van der Waals surface area contributed by atoms with Crippen LogP contribution in [0.2, 0.25) is 0 Å². The summed E-state index contributed by atoms with van der Waals surface area (Å²) in [6.45, 7) is 0. The summed E-state index contributed by atoms with van der Waals surface area (Å²) < 4.78 is 5.17. The second kappa shape index (κ2) is 5.70. The van der Waals surface area contributed by atoms with Crippen LogP contribution in [0.3, 0.4) is 0 Å². The fraction of sp³-hybridized carbons (Fsp3) is 0.294. The van der Waals surface area contributed by atoms with E-state index in [9.17, 15) is 0 Å². The largest absolute Gasteiger partial charge is 0.497 e. The summed E-state index contributed by atoms with van der Waals surface area (Å²) in [6, 6.07) is 7.66. The first-order chi connectivity index (χ1) is 11.2. The molecule has 118 valence electrons. The van der Waals surface area contributed by atoms with Crippen LogP contribution in [0.1, 0.15) is 23.3 Å². The van der Waals surface area contributed by atoms with Crippen LogP contribution in [0.25, 0.3) is 10.2 Å². The average molecular weight is 326 g/mol. The highest BCUT2D eigenvalue weighted by Gasteiger charge is 2.20. The minimum absolute atomic E-state index is 0.541. The van der Waals surface area contributed by atoms with E-state index < -0.39 is 0 Å². The molecule has 1 aliphatic rings. The first kappa shape index (κ1) is 14.3. The van der Waals surface area contributed by atoms with Crippen molar-refractivity contribution in [3.05, 3.63) is 34.7 Å². The van der Waals surface area contributed by atoms with E-state index in [4.69, 9.17) is 10.5 Å². The molecule has 4 rings (SSSR count). The molecule has 3 N–H and O–H groups in total. The Morgan fingerprint density at radius 1 is 1.13 bits per heavy atom. The molecule has 2 heterocycles. The zero-order valence-corrected chi connectivity index (χ0v) is 13.7. The van der Waals surface area contributed by atoms with Gasteiger partial charge in [0.1, 0.15) is 16.4 Å². The second-order valence-corrected chi connectivity index (χ2v) is 6.76. The van der Waals surface area contributed by atoms with Crippen LogP contribution < -0.4 is 15.8 Å². The lowest BCUT2D eigenvalue weighted by atomic mass is 9.97. The number of aromatic nitrogens is 2. The smallest absolute Gasteiger partial charge is 0.230 e. The van der Waals surface area contributed by atoms with E-state index in [0.717, 1.165) is 34.5 Å². The number of nitrogen functional groups attached to an aromatic ring is 1. The lowest BCUT2D eigenvalue weighted by Gasteiger charge is -2.11. The van der Waals surface area contributed by atoms with Gasteiger partial charge in [0, 0.05) is 10.6 Å². The normalized spacial score (nSPS) is 13.8. The lowest BCUT2D eigenvalue weighted by Crippen LogP contribution is -2.03. The molecule has 0 bridgehead atoms. The molecule has 0 saturated heterocycles. The molecule has 0 spiro atoms. The maximum Gasteiger partial charge on any atom is 0.230 e. The van der Waals surface area contributed by atoms with Crippen molar-refractivity contribution in [3.63, 3.8) is 0 Å². The minimum Gasteiger partial charge on any atom is -0.497 e. The summed E-state index contributed by atoms with van der Waals surface area (Å²) in [5.41, 5.74) is 8.49. The molecule has 0 amide bonds. The summed E-state index contributed by atoms with van der Waals surface area (Å²) in [5, 5.41) is 4.28. The first-order valence-electron chi connectivity index (χ1n) is 7.73. The Kier molecular flexibility index (Phi) is 3.53. The van der Waals surface area contributed by atoms with Gasteiger partial charge in [-0.05, 0) is 55.5 Å². The number of nitrogens with one attached hydrogen (secondary N) is 1. The van der Waals surface area contributed by atoms with Crippen molar-refractivity contribution < 1.29 is 4.74 Å². The highest BCUT2D eigenvalue weighted by atomic mass is 32.1. The molecule has 0 atom stereocenters. The molecule has 0 saturated carbocycles. The van der Waals surface area contributed by atoms with Crippen LogP contribution in [0.15, 0.2) is 24.3 Å². The zero-order valence-electron chi connectivity index (χ0n) is 12.9. The van der Waals surface area contributed by atoms with Crippen LogP contribution in [0, 0.1) is 0 Å². The number of aryl methyl sites for hydroxylation is 2. The fourth-order valence-electron chi connectivity index (χ4n) is 3.04. The molecule has 23 heavy (non-hydrogen) atoms. The van der Waals surface area contributed by atoms with Gasteiger partial charge in [0.25, 0.3) is 0 Å². The summed E-state index contributed by atoms with van der Waals surface area (Å²) in [7, 11) is 1.65. The summed E-state index contributed by atoms with van der Waals surface area (Å²) in [5.74, 6) is 1.93. The third kappa shape index (κ3) is 2.59. The number of ether oxygens (including phenoxy) is 1. The maximum absolute atomic E-state index is 6.22. The van der Waals surface area contributed by atoms with Gasteiger partial charge < -0.3 is 15.8 Å². The molecule has 0 unspecified atom stereocenters. The zero-order chi connectivity index (χ0) is 15.8. The first-order valence-corrected chi connectivity index (χ1v) is 8.55. The number of methoxy groups -OCH3 is 1. The summed E-state index contributed by atoms with van der Waals surface area (Å²) >= 11 is 1.75. The van der Waals surface area contributed by atoms with E-state index >= 15 is 0 Å². The minimum atomic E-state index is 0.541. The van der Waals surface area contributed by atoms with Gasteiger partial charge in [0.05, 0.1) is 12.5 Å². The van der Waals surface area contributed by atoms with Crippen molar-refractivity contribution in [2.45, 2.75) is 25.7 Å². The predicted molar refractivity (Wildman–Crippen MR) is 94.7 cm³/mol. The van der Waals surface area contributed by atoms with E-state index in [1.807, 2.05) is 24.3 Å². The van der Waals surface area contributed by atoms with Crippen LogP contribution in [-0.4, -0.2) is 17.1 Å². The Morgan fingerprint density at radius 3 is 2.70 bits per heavy atom. The Labute approximate surface area is 138 Å². The highest BCUT2D eigenvalue weighted by molar-refractivity contribution is 7.19. The van der Waals surface area contributed by atoms with Crippen molar-refractivity contribution in [2.75, 3.05) is 18.2 Å². The molecular weight excluding hydrogens is 308 g/mol. The van der Waals surface area contributed by atoms with Crippen LogP contribution >= 0.6 is 11.3 Å². The van der Waals surface area contributed by atoms with Gasteiger partial charge >= 0.3 is 0 Å². The van der Waals surface area contributed by atoms with Gasteiger partial charge in [-0.3, -0.25) is 0 Å². The van der Waals surface area contributed by atoms with E-state index in [-0.39, 0.29) is 0 Å². The number of hydrogen-bond donors (Lipinski definition) is 2. The molecule has 0 aliphatic heterocycles. The quantitative estimate of drug-likeness (QED) is 0.763. The SMILES string of the molecule is COc1ccc(Nc2nc(N)c3c4c(sc3n2)CCCC4)cc1. The maximum atomic E-state index is 6.22. The van der Waals surface area contributed by atoms with Crippen molar-refractivity contribution in [1.29, 1.82) is 0 Å². The van der Waals surface area contributed by atoms with Crippen LogP contribution in [0.5, 0.6) is 5.75 Å². The van der Waals surface area contributed by atoms with E-state index in [2.05, 4.69) is 15.3 Å². The van der Waals surface area contributed by atoms with E-state index in [0.29, 0.717) is 11.8 Å². The van der Waals surface area contributed by atoms with Crippen LogP contribution in [-0.2, 0) is 12.8 Å². The Balaban J connectivity index is 1.70. The number of benzene rings is 1. The van der Waals surface area contributed by atoms with Gasteiger partial charge in [-0.25, -0.2) is 4.98 Å². The molecule has 6 heteroatoms. The molecule has 1 aliphatic carbocycles. The standard InChI is InChI=1S/C17H18N4OS/c1-22-11-8-6-10(7-9-11)19-17-20-15(18)14-12-4-2-3-5-13(12)23-16(14)21-17/h6-9H,2-5H2,1H3,(H3,18,19,20,21). The molecule has 5 nitrogen and oxygen atoms in total. The monoisotopic (exact) mass is 326 g/mol. The molecule has 2 aromatic heterocycles. The third-order valence-corrected chi connectivity index (χ3v) is 5.37. The Morgan fingerprint density at radius 2 is 1.91 bits per heavy atom. The predicted octanol–water partition coefficient (Wildman–Crippen LogP) is 3.90. The molecule has 1 aromatic carbocycles. The molecule has 3 aromatic rings. The second-order valence-electron chi connectivity index (χ2n) is 5.68. The topological polar surface area (TPSA) is 73.1 Å². The number of hydrogen-bond acceptors (Lipinski definition) is 6.